The monoisotopic (exact) mass is 375 g/mol. The standard InChI is InChI=1S/C21H18FN5O/c1-13-19(14(2)26(25-13)17-10-8-16(22)9-11-17)12-23-27-15(3)24-20-7-5-4-6-18(20)21(27)28/h4-12H,1-3H3/b23-12-. The van der Waals surface area contributed by atoms with E-state index in [-0.39, 0.29) is 11.4 Å². The Morgan fingerprint density at radius 1 is 1.04 bits per heavy atom. The molecule has 140 valence electrons. The highest BCUT2D eigenvalue weighted by Gasteiger charge is 2.12. The largest absolute Gasteiger partial charge is 0.282 e. The molecule has 0 aliphatic heterocycles. The number of nitrogens with zero attached hydrogens (tertiary/aromatic N) is 5. The SMILES string of the molecule is Cc1nn(-c2ccc(F)cc2)c(C)c1/C=N\n1c(C)nc2ccccc2c1=O. The van der Waals surface area contributed by atoms with Crippen molar-refractivity contribution in [2.75, 3.05) is 0 Å². The molecule has 0 spiro atoms. The Morgan fingerprint density at radius 3 is 2.50 bits per heavy atom. The number of aryl methyl sites for hydroxylation is 2. The van der Waals surface area contributed by atoms with Gasteiger partial charge in [0.25, 0.3) is 5.56 Å². The third-order valence-electron chi connectivity index (χ3n) is 4.64. The molecule has 0 bridgehead atoms. The van der Waals surface area contributed by atoms with Gasteiger partial charge in [0.2, 0.25) is 0 Å². The van der Waals surface area contributed by atoms with Crippen LogP contribution in [0.2, 0.25) is 0 Å². The van der Waals surface area contributed by atoms with Crippen LogP contribution in [0.4, 0.5) is 4.39 Å². The molecule has 0 amide bonds. The van der Waals surface area contributed by atoms with Crippen molar-refractivity contribution in [2.45, 2.75) is 20.8 Å². The van der Waals surface area contributed by atoms with E-state index in [1.165, 1.54) is 16.8 Å². The molecule has 0 atom stereocenters. The van der Waals surface area contributed by atoms with Crippen LogP contribution in [-0.2, 0) is 0 Å². The van der Waals surface area contributed by atoms with Crippen molar-refractivity contribution >= 4 is 17.1 Å². The van der Waals surface area contributed by atoms with Gasteiger partial charge in [-0.3, -0.25) is 4.79 Å². The Morgan fingerprint density at radius 2 is 1.75 bits per heavy atom. The predicted octanol–water partition coefficient (Wildman–Crippen LogP) is 3.53. The molecular weight excluding hydrogens is 357 g/mol. The summed E-state index contributed by atoms with van der Waals surface area (Å²) >= 11 is 0. The Labute approximate surface area is 160 Å². The smallest absolute Gasteiger partial charge is 0.267 e. The van der Waals surface area contributed by atoms with Gasteiger partial charge in [-0.15, -0.1) is 0 Å². The number of para-hydroxylation sites is 1. The van der Waals surface area contributed by atoms with Crippen LogP contribution in [0.25, 0.3) is 16.6 Å². The molecule has 0 fully saturated rings. The molecule has 4 aromatic rings. The zero-order chi connectivity index (χ0) is 19.8. The van der Waals surface area contributed by atoms with Crippen LogP contribution in [0, 0.1) is 26.6 Å². The fraction of sp³-hybridized carbons (Fsp3) is 0.143. The van der Waals surface area contributed by atoms with Crippen LogP contribution in [-0.4, -0.2) is 25.7 Å². The van der Waals surface area contributed by atoms with Crippen molar-refractivity contribution in [3.8, 4) is 5.69 Å². The van der Waals surface area contributed by atoms with Crippen LogP contribution in [0.3, 0.4) is 0 Å². The summed E-state index contributed by atoms with van der Waals surface area (Å²) in [5.41, 5.74) is 3.57. The van der Waals surface area contributed by atoms with Gasteiger partial charge < -0.3 is 0 Å². The summed E-state index contributed by atoms with van der Waals surface area (Å²) in [6.45, 7) is 5.51. The first-order valence-corrected chi connectivity index (χ1v) is 8.80. The van der Waals surface area contributed by atoms with Gasteiger partial charge >= 0.3 is 0 Å². The lowest BCUT2D eigenvalue weighted by molar-refractivity contribution is 0.627. The average Bonchev–Trinajstić information content (AvgIpc) is 2.96. The number of halogens is 1. The third kappa shape index (κ3) is 3.00. The number of aromatic nitrogens is 4. The summed E-state index contributed by atoms with van der Waals surface area (Å²) in [5, 5.41) is 9.40. The molecule has 0 saturated heterocycles. The van der Waals surface area contributed by atoms with E-state index in [4.69, 9.17) is 0 Å². The van der Waals surface area contributed by atoms with Gasteiger partial charge in [0.15, 0.2) is 0 Å². The van der Waals surface area contributed by atoms with Gasteiger partial charge in [0.1, 0.15) is 11.6 Å². The molecule has 0 aliphatic carbocycles. The minimum absolute atomic E-state index is 0.222. The maximum absolute atomic E-state index is 13.2. The maximum Gasteiger partial charge on any atom is 0.282 e. The molecule has 28 heavy (non-hydrogen) atoms. The van der Waals surface area contributed by atoms with Crippen LogP contribution in [0.5, 0.6) is 0 Å². The lowest BCUT2D eigenvalue weighted by Gasteiger charge is -2.05. The molecule has 0 radical (unpaired) electrons. The fourth-order valence-electron chi connectivity index (χ4n) is 3.16. The lowest BCUT2D eigenvalue weighted by atomic mass is 10.2. The van der Waals surface area contributed by atoms with Gasteiger partial charge in [-0.2, -0.15) is 14.9 Å². The molecule has 2 aromatic heterocycles. The van der Waals surface area contributed by atoms with Crippen LogP contribution in [0.15, 0.2) is 58.4 Å². The third-order valence-corrected chi connectivity index (χ3v) is 4.64. The Kier molecular flexibility index (Phi) is 4.35. The summed E-state index contributed by atoms with van der Waals surface area (Å²) < 4.78 is 16.2. The Bertz CT molecular complexity index is 1270. The molecule has 7 heteroatoms. The number of hydrogen-bond donors (Lipinski definition) is 0. The van der Waals surface area contributed by atoms with Gasteiger partial charge in [-0.1, -0.05) is 12.1 Å². The minimum atomic E-state index is -0.300. The number of hydrogen-bond acceptors (Lipinski definition) is 4. The summed E-state index contributed by atoms with van der Waals surface area (Å²) in [7, 11) is 0. The molecular formula is C21H18FN5O. The van der Waals surface area contributed by atoms with Crippen molar-refractivity contribution in [1.82, 2.24) is 19.4 Å². The summed E-state index contributed by atoms with van der Waals surface area (Å²) in [4.78, 5) is 17.2. The number of fused-ring (bicyclic) bond motifs is 1. The van der Waals surface area contributed by atoms with Gasteiger partial charge in [-0.25, -0.2) is 14.1 Å². The van der Waals surface area contributed by atoms with E-state index in [0.717, 1.165) is 22.6 Å². The van der Waals surface area contributed by atoms with Gasteiger partial charge in [-0.05, 0) is 57.2 Å². The molecule has 4 rings (SSSR count). The van der Waals surface area contributed by atoms with Gasteiger partial charge in [0, 0.05) is 5.56 Å². The molecule has 2 aromatic carbocycles. The molecule has 0 saturated carbocycles. The molecule has 6 nitrogen and oxygen atoms in total. The molecule has 2 heterocycles. The van der Waals surface area contributed by atoms with E-state index < -0.39 is 0 Å². The quantitative estimate of drug-likeness (QED) is 0.515. The molecule has 0 aliphatic rings. The normalized spacial score (nSPS) is 11.6. The highest BCUT2D eigenvalue weighted by atomic mass is 19.1. The Balaban J connectivity index is 1.78. The predicted molar refractivity (Wildman–Crippen MR) is 107 cm³/mol. The van der Waals surface area contributed by atoms with Crippen molar-refractivity contribution < 1.29 is 4.39 Å². The van der Waals surface area contributed by atoms with E-state index in [0.29, 0.717) is 16.7 Å². The van der Waals surface area contributed by atoms with Crippen LogP contribution in [0.1, 0.15) is 22.8 Å². The van der Waals surface area contributed by atoms with E-state index in [1.54, 1.807) is 48.2 Å². The van der Waals surface area contributed by atoms with E-state index >= 15 is 0 Å². The number of rotatable bonds is 3. The van der Waals surface area contributed by atoms with Crippen LogP contribution >= 0.6 is 0 Å². The number of benzene rings is 2. The highest BCUT2D eigenvalue weighted by molar-refractivity contribution is 5.83. The highest BCUT2D eigenvalue weighted by Crippen LogP contribution is 2.17. The van der Waals surface area contributed by atoms with E-state index in [2.05, 4.69) is 15.2 Å². The average molecular weight is 375 g/mol. The van der Waals surface area contributed by atoms with Crippen molar-refractivity contribution in [3.05, 3.63) is 87.5 Å². The zero-order valence-corrected chi connectivity index (χ0v) is 15.7. The summed E-state index contributed by atoms with van der Waals surface area (Å²) in [6.07, 6.45) is 1.61. The molecule has 0 N–H and O–H groups in total. The Hall–Kier alpha value is -3.61. The maximum atomic E-state index is 13.2. The first-order valence-electron chi connectivity index (χ1n) is 8.80. The lowest BCUT2D eigenvalue weighted by Crippen LogP contribution is -2.20. The van der Waals surface area contributed by atoms with Crippen molar-refractivity contribution in [3.63, 3.8) is 0 Å². The fourth-order valence-corrected chi connectivity index (χ4v) is 3.16. The topological polar surface area (TPSA) is 65.1 Å². The summed E-state index contributed by atoms with van der Waals surface area (Å²) in [6, 6.07) is 13.3. The second-order valence-electron chi connectivity index (χ2n) is 6.51. The van der Waals surface area contributed by atoms with E-state index in [9.17, 15) is 9.18 Å². The van der Waals surface area contributed by atoms with Crippen LogP contribution < -0.4 is 5.56 Å². The second-order valence-corrected chi connectivity index (χ2v) is 6.51. The first kappa shape index (κ1) is 17.8. The molecule has 0 unspecified atom stereocenters. The summed E-state index contributed by atoms with van der Waals surface area (Å²) in [5.74, 6) is 0.201. The second kappa shape index (κ2) is 6.84. The first-order chi connectivity index (χ1) is 13.5. The van der Waals surface area contributed by atoms with Crippen molar-refractivity contribution in [2.24, 2.45) is 5.10 Å². The zero-order valence-electron chi connectivity index (χ0n) is 15.7. The van der Waals surface area contributed by atoms with E-state index in [1.807, 2.05) is 19.9 Å². The minimum Gasteiger partial charge on any atom is -0.267 e. The van der Waals surface area contributed by atoms with Gasteiger partial charge in [0.05, 0.1) is 34.2 Å². The van der Waals surface area contributed by atoms with Crippen molar-refractivity contribution in [1.29, 1.82) is 0 Å².